The maximum absolute atomic E-state index is 6.65. The van der Waals surface area contributed by atoms with E-state index in [1.54, 1.807) is 0 Å². The quantitative estimate of drug-likeness (QED) is 0.155. The molecular weight excluding hydrogens is 411 g/mol. The van der Waals surface area contributed by atoms with Gasteiger partial charge in [0.15, 0.2) is 8.32 Å². The highest BCUT2D eigenvalue weighted by molar-refractivity contribution is 14.1. The third-order valence-electron chi connectivity index (χ3n) is 5.14. The summed E-state index contributed by atoms with van der Waals surface area (Å²) in [4.78, 5) is 0. The number of halogens is 1. The predicted octanol–water partition coefficient (Wildman–Crippen LogP) is 8.25. The van der Waals surface area contributed by atoms with Crippen molar-refractivity contribution in [1.82, 2.24) is 0 Å². The molecule has 0 spiro atoms. The second kappa shape index (κ2) is 12.9. The van der Waals surface area contributed by atoms with Crippen molar-refractivity contribution in [1.29, 1.82) is 0 Å². The van der Waals surface area contributed by atoms with Crippen molar-refractivity contribution in [2.45, 2.75) is 116 Å². The first-order valence-electron chi connectivity index (χ1n) is 9.67. The van der Waals surface area contributed by atoms with Crippen LogP contribution >= 0.6 is 22.6 Å². The third-order valence-corrected chi connectivity index (χ3v) is 10.2. The van der Waals surface area contributed by atoms with Gasteiger partial charge < -0.3 is 4.43 Å². The maximum Gasteiger partial charge on any atom is 0.192 e. The first-order valence-corrected chi connectivity index (χ1v) is 13.8. The Kier molecular flexibility index (Phi) is 13.3. The zero-order valence-corrected chi connectivity index (χ0v) is 19.7. The van der Waals surface area contributed by atoms with Gasteiger partial charge in [-0.3, -0.25) is 0 Å². The fraction of sp³-hybridized carbons (Fsp3) is 0.900. The van der Waals surface area contributed by atoms with E-state index in [0.29, 0.717) is 11.1 Å². The van der Waals surface area contributed by atoms with Gasteiger partial charge in [0, 0.05) is 6.10 Å². The molecule has 0 amide bonds. The van der Waals surface area contributed by atoms with Crippen LogP contribution in [0.15, 0.2) is 10.2 Å². The SMILES string of the molecule is CCCCCCCCCCC(C/C=C/I)O[Si](C)(C)C(C)(C)C. The molecule has 1 nitrogen and oxygen atoms in total. The van der Waals surface area contributed by atoms with Crippen LogP contribution in [0.1, 0.15) is 91.9 Å². The van der Waals surface area contributed by atoms with Crippen LogP contribution in [0.5, 0.6) is 0 Å². The van der Waals surface area contributed by atoms with Crippen molar-refractivity contribution in [2.24, 2.45) is 0 Å². The van der Waals surface area contributed by atoms with Gasteiger partial charge in [-0.15, -0.1) is 0 Å². The van der Waals surface area contributed by atoms with Crippen molar-refractivity contribution < 1.29 is 4.43 Å². The summed E-state index contributed by atoms with van der Waals surface area (Å²) in [6.45, 7) is 14.0. The zero-order valence-electron chi connectivity index (χ0n) is 16.6. The van der Waals surface area contributed by atoms with Gasteiger partial charge in [-0.05, 0) is 35.1 Å². The first kappa shape index (κ1) is 23.6. The number of hydrogen-bond acceptors (Lipinski definition) is 1. The molecule has 0 saturated carbocycles. The van der Waals surface area contributed by atoms with E-state index >= 15 is 0 Å². The molecule has 0 aromatic carbocycles. The maximum atomic E-state index is 6.65. The molecule has 0 aliphatic heterocycles. The van der Waals surface area contributed by atoms with Crippen LogP contribution < -0.4 is 0 Å². The summed E-state index contributed by atoms with van der Waals surface area (Å²) < 4.78 is 8.78. The van der Waals surface area contributed by atoms with Crippen LogP contribution in [0.4, 0.5) is 0 Å². The lowest BCUT2D eigenvalue weighted by molar-refractivity contribution is 0.170. The van der Waals surface area contributed by atoms with Gasteiger partial charge >= 0.3 is 0 Å². The Morgan fingerprint density at radius 2 is 1.48 bits per heavy atom. The van der Waals surface area contributed by atoms with E-state index in [-0.39, 0.29) is 0 Å². The van der Waals surface area contributed by atoms with Crippen LogP contribution in [0.2, 0.25) is 18.1 Å². The van der Waals surface area contributed by atoms with Gasteiger partial charge in [0.25, 0.3) is 0 Å². The molecule has 23 heavy (non-hydrogen) atoms. The van der Waals surface area contributed by atoms with Gasteiger partial charge in [0.1, 0.15) is 0 Å². The minimum Gasteiger partial charge on any atom is -0.414 e. The number of rotatable bonds is 13. The van der Waals surface area contributed by atoms with E-state index in [4.69, 9.17) is 4.43 Å². The molecule has 0 saturated heterocycles. The van der Waals surface area contributed by atoms with Crippen molar-refractivity contribution in [3.8, 4) is 0 Å². The van der Waals surface area contributed by atoms with Crippen molar-refractivity contribution >= 4 is 30.9 Å². The van der Waals surface area contributed by atoms with E-state index in [1.165, 1.54) is 57.8 Å². The van der Waals surface area contributed by atoms with E-state index in [9.17, 15) is 0 Å². The highest BCUT2D eigenvalue weighted by atomic mass is 127. The monoisotopic (exact) mass is 452 g/mol. The van der Waals surface area contributed by atoms with E-state index < -0.39 is 8.32 Å². The number of unbranched alkanes of at least 4 members (excludes halogenated alkanes) is 7. The molecule has 0 fully saturated rings. The lowest BCUT2D eigenvalue weighted by atomic mass is 10.0. The fourth-order valence-electron chi connectivity index (χ4n) is 2.53. The standard InChI is InChI=1S/C20H41IOSi/c1-7-8-9-10-11-12-13-14-16-19(17-15-18-21)22-23(5,6)20(2,3)4/h15,18-19H,7-14,16-17H2,1-6H3/b18-15+. The van der Waals surface area contributed by atoms with Crippen molar-refractivity contribution in [3.63, 3.8) is 0 Å². The molecule has 0 N–H and O–H groups in total. The van der Waals surface area contributed by atoms with Crippen LogP contribution in [0, 0.1) is 0 Å². The molecule has 0 radical (unpaired) electrons. The summed E-state index contributed by atoms with van der Waals surface area (Å²) in [6.07, 6.45) is 16.1. The molecule has 0 aromatic heterocycles. The first-order chi connectivity index (χ1) is 10.7. The molecular formula is C20H41IOSi. The molecule has 1 atom stereocenters. The van der Waals surface area contributed by atoms with Crippen LogP contribution in [0.3, 0.4) is 0 Å². The van der Waals surface area contributed by atoms with Crippen molar-refractivity contribution in [3.05, 3.63) is 10.2 Å². The molecule has 0 rings (SSSR count). The molecule has 3 heteroatoms. The molecule has 0 heterocycles. The Hall–Kier alpha value is 0.647. The Labute approximate surface area is 161 Å². The Morgan fingerprint density at radius 1 is 0.957 bits per heavy atom. The Morgan fingerprint density at radius 3 is 1.96 bits per heavy atom. The fourth-order valence-corrected chi connectivity index (χ4v) is 4.22. The van der Waals surface area contributed by atoms with Gasteiger partial charge in [0.05, 0.1) is 0 Å². The topological polar surface area (TPSA) is 9.23 Å². The second-order valence-electron chi connectivity index (χ2n) is 8.36. The second-order valence-corrected chi connectivity index (χ2v) is 13.8. The average molecular weight is 453 g/mol. The minimum absolute atomic E-state index is 0.304. The van der Waals surface area contributed by atoms with Crippen LogP contribution in [-0.2, 0) is 4.43 Å². The van der Waals surface area contributed by atoms with Gasteiger partial charge in [-0.1, -0.05) is 108 Å². The molecule has 0 aliphatic rings. The molecule has 138 valence electrons. The summed E-state index contributed by atoms with van der Waals surface area (Å²) in [5.74, 6) is 0. The zero-order chi connectivity index (χ0) is 17.8. The molecule has 0 aromatic rings. The third kappa shape index (κ3) is 11.8. The van der Waals surface area contributed by atoms with Crippen LogP contribution in [-0.4, -0.2) is 14.4 Å². The Balaban J connectivity index is 4.11. The Bertz CT molecular complexity index is 307. The predicted molar refractivity (Wildman–Crippen MR) is 117 cm³/mol. The molecule has 1 unspecified atom stereocenters. The lowest BCUT2D eigenvalue weighted by Crippen LogP contribution is -2.43. The molecule has 0 bridgehead atoms. The lowest BCUT2D eigenvalue weighted by Gasteiger charge is -2.39. The van der Waals surface area contributed by atoms with E-state index in [2.05, 4.69) is 73.5 Å². The summed E-state index contributed by atoms with van der Waals surface area (Å²) in [5.41, 5.74) is 0. The summed E-state index contributed by atoms with van der Waals surface area (Å²) in [7, 11) is -1.64. The highest BCUT2D eigenvalue weighted by Gasteiger charge is 2.38. The van der Waals surface area contributed by atoms with E-state index in [0.717, 1.165) is 6.42 Å². The van der Waals surface area contributed by atoms with Gasteiger partial charge in [-0.2, -0.15) is 0 Å². The summed E-state index contributed by atoms with van der Waals surface area (Å²) in [6, 6.07) is 0. The highest BCUT2D eigenvalue weighted by Crippen LogP contribution is 2.38. The average Bonchev–Trinajstić information content (AvgIpc) is 2.45. The van der Waals surface area contributed by atoms with Crippen molar-refractivity contribution in [2.75, 3.05) is 0 Å². The molecule has 0 aliphatic carbocycles. The summed E-state index contributed by atoms with van der Waals surface area (Å²) >= 11 is 2.32. The van der Waals surface area contributed by atoms with Gasteiger partial charge in [0.2, 0.25) is 0 Å². The number of hydrogen-bond donors (Lipinski definition) is 0. The van der Waals surface area contributed by atoms with Gasteiger partial charge in [-0.25, -0.2) is 0 Å². The summed E-state index contributed by atoms with van der Waals surface area (Å²) in [5, 5.41) is 0.304. The smallest absolute Gasteiger partial charge is 0.192 e. The largest absolute Gasteiger partial charge is 0.414 e. The minimum atomic E-state index is -1.64. The van der Waals surface area contributed by atoms with Crippen LogP contribution in [0.25, 0.3) is 0 Å². The normalized spacial score (nSPS) is 14.6. The van der Waals surface area contributed by atoms with E-state index in [1.807, 2.05) is 0 Å².